The van der Waals surface area contributed by atoms with Gasteiger partial charge in [0.15, 0.2) is 6.23 Å². The van der Waals surface area contributed by atoms with E-state index in [1.54, 1.807) is 4.90 Å². The van der Waals surface area contributed by atoms with Crippen LogP contribution in [0.5, 0.6) is 5.75 Å². The number of nitrogens with zero attached hydrogens (tertiary/aromatic N) is 2. The molecule has 2 atom stereocenters. The molecule has 5 rings (SSSR count). The Morgan fingerprint density at radius 1 is 1.11 bits per heavy atom. The van der Waals surface area contributed by atoms with Gasteiger partial charge in [0.05, 0.1) is 17.5 Å². The highest BCUT2D eigenvalue weighted by molar-refractivity contribution is 5.86. The zero-order valence-electron chi connectivity index (χ0n) is 21.8. The highest BCUT2D eigenvalue weighted by atomic mass is 19.4. The van der Waals surface area contributed by atoms with Crippen molar-refractivity contribution in [1.82, 2.24) is 9.80 Å². The van der Waals surface area contributed by atoms with Crippen LogP contribution in [0.3, 0.4) is 0 Å². The van der Waals surface area contributed by atoms with Gasteiger partial charge in [-0.25, -0.2) is 0 Å². The average molecular weight is 515 g/mol. The van der Waals surface area contributed by atoms with Crippen molar-refractivity contribution in [3.8, 4) is 5.75 Å². The summed E-state index contributed by atoms with van der Waals surface area (Å²) in [6.45, 7) is 7.18. The van der Waals surface area contributed by atoms with Crippen LogP contribution in [0, 0.1) is 16.7 Å². The molecule has 1 aromatic rings. The third-order valence-corrected chi connectivity index (χ3v) is 9.05. The molecule has 200 valence electrons. The molecular formula is C30H37F3N2O2. The number of halogens is 3. The van der Waals surface area contributed by atoms with Crippen molar-refractivity contribution in [3.63, 3.8) is 0 Å². The monoisotopic (exact) mass is 514 g/mol. The lowest BCUT2D eigenvalue weighted by molar-refractivity contribution is -0.142. The largest absolute Gasteiger partial charge is 0.470 e. The first-order valence-electron chi connectivity index (χ1n) is 13.5. The van der Waals surface area contributed by atoms with Gasteiger partial charge in [0.1, 0.15) is 5.75 Å². The Labute approximate surface area is 217 Å². The lowest BCUT2D eigenvalue weighted by atomic mass is 9.72. The number of benzene rings is 1. The van der Waals surface area contributed by atoms with Gasteiger partial charge in [0, 0.05) is 12.0 Å². The number of fused-ring (bicyclic) bond motifs is 2. The Morgan fingerprint density at radius 2 is 1.86 bits per heavy atom. The second-order valence-corrected chi connectivity index (χ2v) is 11.5. The molecule has 1 amide bonds. The molecule has 37 heavy (non-hydrogen) atoms. The van der Waals surface area contributed by atoms with E-state index in [0.717, 1.165) is 63.9 Å². The van der Waals surface area contributed by atoms with Crippen LogP contribution in [0.1, 0.15) is 63.5 Å². The molecular weight excluding hydrogens is 477 g/mol. The molecule has 2 unspecified atom stereocenters. The third kappa shape index (κ3) is 5.12. The zero-order chi connectivity index (χ0) is 26.3. The van der Waals surface area contributed by atoms with E-state index in [2.05, 4.69) is 55.2 Å². The average Bonchev–Trinajstić information content (AvgIpc) is 3.20. The van der Waals surface area contributed by atoms with Crippen LogP contribution >= 0.6 is 0 Å². The van der Waals surface area contributed by atoms with Crippen LogP contribution in [-0.2, 0) is 17.5 Å². The number of amides is 1. The van der Waals surface area contributed by atoms with Gasteiger partial charge in [-0.1, -0.05) is 50.3 Å². The second-order valence-electron chi connectivity index (χ2n) is 11.5. The second kappa shape index (κ2) is 9.97. The number of ether oxygens (including phenoxy) is 1. The number of alkyl halides is 3. The van der Waals surface area contributed by atoms with Crippen LogP contribution < -0.4 is 4.74 Å². The number of rotatable bonds is 4. The van der Waals surface area contributed by atoms with Crippen LogP contribution in [-0.4, -0.2) is 41.6 Å². The summed E-state index contributed by atoms with van der Waals surface area (Å²) >= 11 is 0. The Morgan fingerprint density at radius 3 is 2.59 bits per heavy atom. The van der Waals surface area contributed by atoms with Crippen molar-refractivity contribution in [1.29, 1.82) is 0 Å². The van der Waals surface area contributed by atoms with Gasteiger partial charge < -0.3 is 14.5 Å². The van der Waals surface area contributed by atoms with E-state index >= 15 is 0 Å². The molecule has 2 saturated heterocycles. The first-order valence-corrected chi connectivity index (χ1v) is 13.5. The van der Waals surface area contributed by atoms with Crippen molar-refractivity contribution < 1.29 is 22.7 Å². The van der Waals surface area contributed by atoms with Crippen molar-refractivity contribution in [2.24, 2.45) is 16.7 Å². The molecule has 1 spiro atoms. The minimum Gasteiger partial charge on any atom is -0.470 e. The van der Waals surface area contributed by atoms with Gasteiger partial charge in [-0.15, -0.1) is 0 Å². The maximum Gasteiger partial charge on any atom is 0.416 e. The standard InChI is InChI=1S/C30H37F3N2O2/c1-22(2)29(15-18-34-16-13-28(14-17-34)11-7-5-3-4-6-8-12-28)20-26-35(27(29)36)21-23-19-24(30(31,32)33)9-10-25(23)37-26/h3-5,7-10,12,19,22,26H,6,11,13-18,20-21H2,1-2H3/b4-3-,7-5-,12-8-. The summed E-state index contributed by atoms with van der Waals surface area (Å²) < 4.78 is 45.8. The predicted octanol–water partition coefficient (Wildman–Crippen LogP) is 6.73. The summed E-state index contributed by atoms with van der Waals surface area (Å²) in [5, 5.41) is 0. The molecule has 1 aromatic carbocycles. The molecule has 0 bridgehead atoms. The molecule has 0 radical (unpaired) electrons. The van der Waals surface area contributed by atoms with Gasteiger partial charge >= 0.3 is 6.18 Å². The predicted molar refractivity (Wildman–Crippen MR) is 138 cm³/mol. The number of hydrogen-bond acceptors (Lipinski definition) is 3. The summed E-state index contributed by atoms with van der Waals surface area (Å²) in [6.07, 6.45) is 14.1. The number of hydrogen-bond donors (Lipinski definition) is 0. The van der Waals surface area contributed by atoms with E-state index in [1.165, 1.54) is 6.07 Å². The van der Waals surface area contributed by atoms with E-state index < -0.39 is 23.4 Å². The Hall–Kier alpha value is -2.54. The van der Waals surface area contributed by atoms with Gasteiger partial charge in [0.2, 0.25) is 5.91 Å². The normalized spacial score (nSPS) is 30.2. The smallest absolute Gasteiger partial charge is 0.416 e. The molecule has 0 aromatic heterocycles. The fourth-order valence-electron chi connectivity index (χ4n) is 6.46. The van der Waals surface area contributed by atoms with Crippen molar-refractivity contribution in [2.75, 3.05) is 19.6 Å². The molecule has 0 saturated carbocycles. The molecule has 3 heterocycles. The maximum atomic E-state index is 13.8. The van der Waals surface area contributed by atoms with E-state index in [9.17, 15) is 18.0 Å². The molecule has 1 aliphatic carbocycles. The summed E-state index contributed by atoms with van der Waals surface area (Å²) in [5.74, 6) is 0.574. The van der Waals surface area contributed by atoms with E-state index in [4.69, 9.17) is 4.74 Å². The highest BCUT2D eigenvalue weighted by Crippen LogP contribution is 2.49. The highest BCUT2D eigenvalue weighted by Gasteiger charge is 2.55. The van der Waals surface area contributed by atoms with E-state index in [1.807, 2.05) is 0 Å². The molecule has 0 N–H and O–H groups in total. The van der Waals surface area contributed by atoms with Crippen molar-refractivity contribution in [2.45, 2.75) is 71.3 Å². The minimum atomic E-state index is -4.42. The summed E-state index contributed by atoms with van der Waals surface area (Å²) in [6, 6.07) is 3.58. The molecule has 2 fully saturated rings. The van der Waals surface area contributed by atoms with E-state index in [0.29, 0.717) is 17.7 Å². The first kappa shape index (κ1) is 26.1. The zero-order valence-corrected chi connectivity index (χ0v) is 21.8. The molecule has 3 aliphatic heterocycles. The van der Waals surface area contributed by atoms with Crippen LogP contribution in [0.15, 0.2) is 54.7 Å². The SMILES string of the molecule is CC(C)C1(CCN2CCC3(/C=C\C/C=C\C=C/C3)CC2)CC2Oc3ccc(C(F)(F)F)cc3CN2C1=O. The fraction of sp³-hybridized carbons (Fsp3) is 0.567. The molecule has 7 heteroatoms. The Kier molecular flexibility index (Phi) is 7.03. The molecule has 4 nitrogen and oxygen atoms in total. The summed E-state index contributed by atoms with van der Waals surface area (Å²) in [5.41, 5.74) is -0.638. The quantitative estimate of drug-likeness (QED) is 0.418. The van der Waals surface area contributed by atoms with Gasteiger partial charge in [0.25, 0.3) is 0 Å². The van der Waals surface area contributed by atoms with Crippen molar-refractivity contribution in [3.05, 3.63) is 65.8 Å². The number of allylic oxidation sites excluding steroid dienone is 6. The number of carbonyl (C=O) groups excluding carboxylic acids is 1. The van der Waals surface area contributed by atoms with Crippen molar-refractivity contribution >= 4 is 5.91 Å². The summed E-state index contributed by atoms with van der Waals surface area (Å²) in [7, 11) is 0. The summed E-state index contributed by atoms with van der Waals surface area (Å²) in [4.78, 5) is 17.9. The number of likely N-dealkylation sites (tertiary alicyclic amines) is 1. The fourth-order valence-corrected chi connectivity index (χ4v) is 6.46. The topological polar surface area (TPSA) is 32.8 Å². The maximum absolute atomic E-state index is 13.8. The van der Waals surface area contributed by atoms with Gasteiger partial charge in [-0.3, -0.25) is 4.79 Å². The third-order valence-electron chi connectivity index (χ3n) is 9.05. The first-order chi connectivity index (χ1) is 17.6. The Balaban J connectivity index is 1.25. The lowest BCUT2D eigenvalue weighted by Gasteiger charge is -2.41. The lowest BCUT2D eigenvalue weighted by Crippen LogP contribution is -2.44. The number of carbonyl (C=O) groups is 1. The van der Waals surface area contributed by atoms with Gasteiger partial charge in [-0.2, -0.15) is 13.2 Å². The molecule has 4 aliphatic rings. The van der Waals surface area contributed by atoms with Crippen LogP contribution in [0.4, 0.5) is 13.2 Å². The minimum absolute atomic E-state index is 0.0147. The number of piperidine rings is 1. The van der Waals surface area contributed by atoms with Gasteiger partial charge in [-0.05, 0) is 81.3 Å². The van der Waals surface area contributed by atoms with E-state index in [-0.39, 0.29) is 23.8 Å². The van der Waals surface area contributed by atoms with Crippen LogP contribution in [0.25, 0.3) is 0 Å². The van der Waals surface area contributed by atoms with Crippen LogP contribution in [0.2, 0.25) is 0 Å². The Bertz CT molecular complexity index is 1100.